The molecule has 0 atom stereocenters. The van der Waals surface area contributed by atoms with Crippen molar-refractivity contribution >= 4 is 15.9 Å². The lowest BCUT2D eigenvalue weighted by atomic mass is 10.0. The largest absolute Gasteiger partial charge is 0.484 e. The Morgan fingerprint density at radius 2 is 1.84 bits per heavy atom. The zero-order chi connectivity index (χ0) is 17.6. The summed E-state index contributed by atoms with van der Waals surface area (Å²) in [5.74, 6) is 4.69. The Labute approximate surface area is 154 Å². The van der Waals surface area contributed by atoms with Crippen molar-refractivity contribution in [2.24, 2.45) is 5.92 Å². The first-order chi connectivity index (χ1) is 12.1. The highest BCUT2D eigenvalue weighted by atomic mass is 79.9. The highest BCUT2D eigenvalue weighted by molar-refractivity contribution is 9.10. The number of benzene rings is 2. The molecule has 0 spiro atoms. The SMILES string of the molecule is Fc1cc(F)c(OCc2ccccc2)c(C#CC2CCOCC2)c1Br. The fraction of sp³-hybridized carbons (Fsp3) is 0.300. The van der Waals surface area contributed by atoms with Gasteiger partial charge in [-0.05, 0) is 34.3 Å². The summed E-state index contributed by atoms with van der Waals surface area (Å²) in [5.41, 5.74) is 1.10. The van der Waals surface area contributed by atoms with E-state index < -0.39 is 11.6 Å². The van der Waals surface area contributed by atoms with Crippen LogP contribution in [0, 0.1) is 29.4 Å². The second-order valence-electron chi connectivity index (χ2n) is 5.79. The highest BCUT2D eigenvalue weighted by Gasteiger charge is 2.18. The Balaban J connectivity index is 1.88. The zero-order valence-corrected chi connectivity index (χ0v) is 15.1. The first-order valence-electron chi connectivity index (χ1n) is 8.08. The van der Waals surface area contributed by atoms with E-state index in [-0.39, 0.29) is 28.3 Å². The monoisotopic (exact) mass is 406 g/mol. The van der Waals surface area contributed by atoms with Crippen LogP contribution in [0.4, 0.5) is 8.78 Å². The minimum absolute atomic E-state index is 0.0308. The lowest BCUT2D eigenvalue weighted by Gasteiger charge is -2.17. The van der Waals surface area contributed by atoms with Crippen LogP contribution in [0.1, 0.15) is 24.0 Å². The lowest BCUT2D eigenvalue weighted by molar-refractivity contribution is 0.0807. The molecule has 25 heavy (non-hydrogen) atoms. The Morgan fingerprint density at radius 1 is 1.12 bits per heavy atom. The number of halogens is 3. The van der Waals surface area contributed by atoms with E-state index in [4.69, 9.17) is 9.47 Å². The molecule has 1 aliphatic rings. The number of ether oxygens (including phenoxy) is 2. The van der Waals surface area contributed by atoms with Gasteiger partial charge in [-0.25, -0.2) is 8.78 Å². The van der Waals surface area contributed by atoms with Gasteiger partial charge < -0.3 is 9.47 Å². The Bertz CT molecular complexity index is 791. The van der Waals surface area contributed by atoms with Gasteiger partial charge >= 0.3 is 0 Å². The summed E-state index contributed by atoms with van der Waals surface area (Å²) >= 11 is 3.17. The molecule has 2 aromatic rings. The van der Waals surface area contributed by atoms with Crippen molar-refractivity contribution in [3.63, 3.8) is 0 Å². The van der Waals surface area contributed by atoms with Crippen LogP contribution in [-0.2, 0) is 11.3 Å². The van der Waals surface area contributed by atoms with E-state index in [1.807, 2.05) is 30.3 Å². The second kappa shape index (κ2) is 8.46. The van der Waals surface area contributed by atoms with Crippen LogP contribution in [0.3, 0.4) is 0 Å². The normalized spacial score (nSPS) is 14.7. The standard InChI is InChI=1S/C20H17BrF2O2/c21-19-16(7-6-14-8-10-24-11-9-14)20(18(23)12-17(19)22)25-13-15-4-2-1-3-5-15/h1-5,12,14H,8-11,13H2. The van der Waals surface area contributed by atoms with E-state index in [0.29, 0.717) is 13.2 Å². The molecule has 3 rings (SSSR count). The molecule has 2 nitrogen and oxygen atoms in total. The van der Waals surface area contributed by atoms with E-state index in [9.17, 15) is 8.78 Å². The molecule has 1 aliphatic heterocycles. The second-order valence-corrected chi connectivity index (χ2v) is 6.58. The molecule has 1 saturated heterocycles. The topological polar surface area (TPSA) is 18.5 Å². The molecule has 0 aromatic heterocycles. The number of hydrogen-bond donors (Lipinski definition) is 0. The van der Waals surface area contributed by atoms with Gasteiger partial charge in [0.2, 0.25) is 0 Å². The van der Waals surface area contributed by atoms with Crippen LogP contribution < -0.4 is 4.74 Å². The Morgan fingerprint density at radius 3 is 2.56 bits per heavy atom. The van der Waals surface area contributed by atoms with Crippen LogP contribution >= 0.6 is 15.9 Å². The molecular weight excluding hydrogens is 390 g/mol. The molecule has 0 N–H and O–H groups in total. The first kappa shape index (κ1) is 17.9. The molecule has 1 fully saturated rings. The van der Waals surface area contributed by atoms with Crippen molar-refractivity contribution in [3.8, 4) is 17.6 Å². The van der Waals surface area contributed by atoms with Gasteiger partial charge in [0.1, 0.15) is 12.4 Å². The van der Waals surface area contributed by atoms with E-state index >= 15 is 0 Å². The Kier molecular flexibility index (Phi) is 6.06. The van der Waals surface area contributed by atoms with Gasteiger partial charge in [0.25, 0.3) is 0 Å². The summed E-state index contributed by atoms with van der Waals surface area (Å²) in [6, 6.07) is 10.2. The zero-order valence-electron chi connectivity index (χ0n) is 13.5. The summed E-state index contributed by atoms with van der Waals surface area (Å²) in [6.07, 6.45) is 1.64. The highest BCUT2D eigenvalue weighted by Crippen LogP contribution is 2.32. The van der Waals surface area contributed by atoms with Crippen molar-refractivity contribution in [2.75, 3.05) is 13.2 Å². The predicted octanol–water partition coefficient (Wildman–Crippen LogP) is 5.08. The van der Waals surface area contributed by atoms with Crippen LogP contribution in [0.25, 0.3) is 0 Å². The molecule has 0 radical (unpaired) electrons. The molecule has 0 aliphatic carbocycles. The predicted molar refractivity (Wildman–Crippen MR) is 95.3 cm³/mol. The molecule has 130 valence electrons. The van der Waals surface area contributed by atoms with Gasteiger partial charge in [-0.1, -0.05) is 42.2 Å². The van der Waals surface area contributed by atoms with Gasteiger partial charge in [0.15, 0.2) is 11.6 Å². The summed E-state index contributed by atoms with van der Waals surface area (Å²) in [6.45, 7) is 1.51. The van der Waals surface area contributed by atoms with Crippen LogP contribution in [0.5, 0.6) is 5.75 Å². The summed E-state index contributed by atoms with van der Waals surface area (Å²) < 4.78 is 39.3. The Hall–Kier alpha value is -1.90. The van der Waals surface area contributed by atoms with E-state index in [1.54, 1.807) is 0 Å². The van der Waals surface area contributed by atoms with Crippen LogP contribution in [0.2, 0.25) is 0 Å². The van der Waals surface area contributed by atoms with Gasteiger partial charge in [-0.2, -0.15) is 0 Å². The number of rotatable bonds is 3. The van der Waals surface area contributed by atoms with E-state index in [1.165, 1.54) is 0 Å². The fourth-order valence-electron chi connectivity index (χ4n) is 2.58. The molecule has 0 unspecified atom stereocenters. The average Bonchev–Trinajstić information content (AvgIpc) is 2.64. The van der Waals surface area contributed by atoms with Crippen molar-refractivity contribution in [3.05, 3.63) is 63.6 Å². The molecule has 2 aromatic carbocycles. The summed E-state index contributed by atoms with van der Waals surface area (Å²) in [4.78, 5) is 0. The third kappa shape index (κ3) is 4.59. The fourth-order valence-corrected chi connectivity index (χ4v) is 2.97. The average molecular weight is 407 g/mol. The molecule has 0 amide bonds. The van der Waals surface area contributed by atoms with Gasteiger partial charge in [0.05, 0.1) is 10.0 Å². The summed E-state index contributed by atoms with van der Waals surface area (Å²) in [7, 11) is 0. The van der Waals surface area contributed by atoms with Gasteiger partial charge in [0, 0.05) is 25.2 Å². The van der Waals surface area contributed by atoms with Crippen LogP contribution in [-0.4, -0.2) is 13.2 Å². The molecular formula is C20H17BrF2O2. The lowest BCUT2D eigenvalue weighted by Crippen LogP contribution is -2.14. The van der Waals surface area contributed by atoms with E-state index in [0.717, 1.165) is 24.5 Å². The summed E-state index contributed by atoms with van der Waals surface area (Å²) in [5, 5.41) is 0. The molecule has 0 saturated carbocycles. The minimum atomic E-state index is -0.757. The van der Waals surface area contributed by atoms with Crippen molar-refractivity contribution < 1.29 is 18.3 Å². The number of hydrogen-bond acceptors (Lipinski definition) is 2. The third-order valence-corrected chi connectivity index (χ3v) is 4.75. The maximum Gasteiger partial charge on any atom is 0.172 e. The quantitative estimate of drug-likeness (QED) is 0.522. The van der Waals surface area contributed by atoms with Gasteiger partial charge in [-0.3, -0.25) is 0 Å². The van der Waals surface area contributed by atoms with Crippen molar-refractivity contribution in [2.45, 2.75) is 19.4 Å². The van der Waals surface area contributed by atoms with Crippen LogP contribution in [0.15, 0.2) is 40.9 Å². The van der Waals surface area contributed by atoms with Crippen molar-refractivity contribution in [1.82, 2.24) is 0 Å². The minimum Gasteiger partial charge on any atom is -0.484 e. The smallest absolute Gasteiger partial charge is 0.172 e. The van der Waals surface area contributed by atoms with Gasteiger partial charge in [-0.15, -0.1) is 0 Å². The molecule has 1 heterocycles. The molecule has 0 bridgehead atoms. The van der Waals surface area contributed by atoms with E-state index in [2.05, 4.69) is 27.8 Å². The first-order valence-corrected chi connectivity index (χ1v) is 8.88. The maximum atomic E-state index is 14.3. The molecule has 5 heteroatoms. The third-order valence-electron chi connectivity index (χ3n) is 3.98. The maximum absolute atomic E-state index is 14.3. The van der Waals surface area contributed by atoms with Crippen molar-refractivity contribution in [1.29, 1.82) is 0 Å².